The van der Waals surface area contributed by atoms with Crippen molar-refractivity contribution in [2.75, 3.05) is 5.32 Å². The fourth-order valence-electron chi connectivity index (χ4n) is 3.93. The molecule has 2 aromatic rings. The third kappa shape index (κ3) is 3.63. The Morgan fingerprint density at radius 1 is 0.960 bits per heavy atom. The third-order valence-corrected chi connectivity index (χ3v) is 5.31. The minimum absolute atomic E-state index is 0.0369. The van der Waals surface area contributed by atoms with E-state index in [4.69, 9.17) is 0 Å². The summed E-state index contributed by atoms with van der Waals surface area (Å²) < 4.78 is 0. The Morgan fingerprint density at radius 2 is 1.60 bits per heavy atom. The normalized spacial score (nSPS) is 16.8. The molecule has 0 bridgehead atoms. The summed E-state index contributed by atoms with van der Waals surface area (Å²) in [4.78, 5) is 13.2. The number of rotatable bonds is 4. The van der Waals surface area contributed by atoms with E-state index < -0.39 is 0 Å². The smallest absolute Gasteiger partial charge is 0.231 e. The van der Waals surface area contributed by atoms with Gasteiger partial charge in [-0.3, -0.25) is 4.79 Å². The van der Waals surface area contributed by atoms with Crippen molar-refractivity contribution in [3.63, 3.8) is 0 Å². The summed E-state index contributed by atoms with van der Waals surface area (Å²) in [6.07, 6.45) is 3.10. The standard InChI is InChI=1S/C23H29NO/c1-15(2)18-12-8-13-19(16(3)4)22(18)24-23(25)21-14-7-10-17-9-5-6-11-20(17)21/h5-6,8-9,11-13,15-16,21H,7,10,14H2,1-4H3,(H,24,25). The zero-order valence-electron chi connectivity index (χ0n) is 15.8. The molecule has 2 aromatic carbocycles. The zero-order valence-corrected chi connectivity index (χ0v) is 15.8. The topological polar surface area (TPSA) is 29.1 Å². The van der Waals surface area contributed by atoms with E-state index in [0.29, 0.717) is 11.8 Å². The SMILES string of the molecule is CC(C)c1cccc(C(C)C)c1NC(=O)C1CCCc2ccccc21. The second kappa shape index (κ2) is 7.43. The number of nitrogens with one attached hydrogen (secondary N) is 1. The van der Waals surface area contributed by atoms with E-state index in [1.165, 1.54) is 22.3 Å². The molecule has 0 fully saturated rings. The summed E-state index contributed by atoms with van der Waals surface area (Å²) in [6.45, 7) is 8.74. The van der Waals surface area contributed by atoms with Gasteiger partial charge in [-0.05, 0) is 53.4 Å². The van der Waals surface area contributed by atoms with Gasteiger partial charge in [0.05, 0.1) is 5.92 Å². The number of fused-ring (bicyclic) bond motifs is 1. The van der Waals surface area contributed by atoms with Crippen LogP contribution in [0.2, 0.25) is 0 Å². The molecule has 25 heavy (non-hydrogen) atoms. The first-order chi connectivity index (χ1) is 12.0. The van der Waals surface area contributed by atoms with Crippen LogP contribution in [0.5, 0.6) is 0 Å². The fraction of sp³-hybridized carbons (Fsp3) is 0.435. The number of anilines is 1. The highest BCUT2D eigenvalue weighted by Gasteiger charge is 2.27. The highest BCUT2D eigenvalue weighted by Crippen LogP contribution is 2.36. The average molecular weight is 335 g/mol. The highest BCUT2D eigenvalue weighted by atomic mass is 16.1. The summed E-state index contributed by atoms with van der Waals surface area (Å²) in [5.74, 6) is 0.868. The number of aryl methyl sites for hydroxylation is 1. The molecule has 0 aromatic heterocycles. The van der Waals surface area contributed by atoms with Gasteiger partial charge in [-0.15, -0.1) is 0 Å². The maximum atomic E-state index is 13.2. The van der Waals surface area contributed by atoms with Crippen LogP contribution in [0, 0.1) is 0 Å². The van der Waals surface area contributed by atoms with Crippen molar-refractivity contribution in [2.45, 2.75) is 64.7 Å². The molecular formula is C23H29NO. The summed E-state index contributed by atoms with van der Waals surface area (Å²) >= 11 is 0. The van der Waals surface area contributed by atoms with E-state index in [1.807, 2.05) is 6.07 Å². The van der Waals surface area contributed by atoms with Gasteiger partial charge >= 0.3 is 0 Å². The van der Waals surface area contributed by atoms with Crippen LogP contribution in [0.25, 0.3) is 0 Å². The van der Waals surface area contributed by atoms with Crippen LogP contribution in [-0.2, 0) is 11.2 Å². The van der Waals surface area contributed by atoms with Gasteiger partial charge in [0, 0.05) is 5.69 Å². The van der Waals surface area contributed by atoms with E-state index in [0.717, 1.165) is 24.9 Å². The van der Waals surface area contributed by atoms with Gasteiger partial charge in [-0.25, -0.2) is 0 Å². The van der Waals surface area contributed by atoms with Crippen LogP contribution in [0.4, 0.5) is 5.69 Å². The highest BCUT2D eigenvalue weighted by molar-refractivity contribution is 5.97. The Kier molecular flexibility index (Phi) is 5.27. The first kappa shape index (κ1) is 17.7. The number of para-hydroxylation sites is 1. The first-order valence-corrected chi connectivity index (χ1v) is 9.50. The van der Waals surface area contributed by atoms with Crippen molar-refractivity contribution in [3.8, 4) is 0 Å². The molecule has 1 amide bonds. The number of hydrogen-bond acceptors (Lipinski definition) is 1. The minimum Gasteiger partial charge on any atom is -0.325 e. The summed E-state index contributed by atoms with van der Waals surface area (Å²) in [6, 6.07) is 14.8. The van der Waals surface area contributed by atoms with Crippen molar-refractivity contribution >= 4 is 11.6 Å². The summed E-state index contributed by atoms with van der Waals surface area (Å²) in [5, 5.41) is 3.31. The van der Waals surface area contributed by atoms with Gasteiger partial charge in [0.1, 0.15) is 0 Å². The predicted octanol–water partition coefficient (Wildman–Crippen LogP) is 5.99. The van der Waals surface area contributed by atoms with Crippen LogP contribution >= 0.6 is 0 Å². The largest absolute Gasteiger partial charge is 0.325 e. The van der Waals surface area contributed by atoms with E-state index >= 15 is 0 Å². The summed E-state index contributed by atoms with van der Waals surface area (Å²) in [5.41, 5.74) is 6.02. The van der Waals surface area contributed by atoms with Crippen molar-refractivity contribution in [2.24, 2.45) is 0 Å². The van der Waals surface area contributed by atoms with Crippen molar-refractivity contribution in [1.29, 1.82) is 0 Å². The zero-order chi connectivity index (χ0) is 18.0. The summed E-state index contributed by atoms with van der Waals surface area (Å²) in [7, 11) is 0. The molecule has 1 aliphatic carbocycles. The second-order valence-electron chi connectivity index (χ2n) is 7.75. The molecule has 1 atom stereocenters. The Balaban J connectivity index is 1.94. The molecule has 1 unspecified atom stereocenters. The molecule has 1 aliphatic rings. The lowest BCUT2D eigenvalue weighted by Crippen LogP contribution is -2.26. The van der Waals surface area contributed by atoms with Crippen LogP contribution in [-0.4, -0.2) is 5.91 Å². The van der Waals surface area contributed by atoms with Crippen molar-refractivity contribution < 1.29 is 4.79 Å². The molecular weight excluding hydrogens is 306 g/mol. The lowest BCUT2D eigenvalue weighted by molar-refractivity contribution is -0.117. The molecule has 0 heterocycles. The number of hydrogen-bond donors (Lipinski definition) is 1. The Labute approximate surface area is 151 Å². The van der Waals surface area contributed by atoms with Gasteiger partial charge in [0.25, 0.3) is 0 Å². The molecule has 0 aliphatic heterocycles. The molecule has 0 spiro atoms. The van der Waals surface area contributed by atoms with Crippen molar-refractivity contribution in [1.82, 2.24) is 0 Å². The molecule has 132 valence electrons. The molecule has 0 saturated heterocycles. The Hall–Kier alpha value is -2.09. The van der Waals surface area contributed by atoms with Crippen LogP contribution < -0.4 is 5.32 Å². The first-order valence-electron chi connectivity index (χ1n) is 9.50. The molecule has 3 rings (SSSR count). The number of carbonyl (C=O) groups excluding carboxylic acids is 1. The number of amides is 1. The van der Waals surface area contributed by atoms with Crippen LogP contribution in [0.3, 0.4) is 0 Å². The van der Waals surface area contributed by atoms with E-state index in [1.54, 1.807) is 0 Å². The predicted molar refractivity (Wildman–Crippen MR) is 105 cm³/mol. The monoisotopic (exact) mass is 335 g/mol. The third-order valence-electron chi connectivity index (χ3n) is 5.31. The van der Waals surface area contributed by atoms with Gasteiger partial charge in [-0.1, -0.05) is 70.2 Å². The number of benzene rings is 2. The van der Waals surface area contributed by atoms with Crippen LogP contribution in [0.15, 0.2) is 42.5 Å². The Morgan fingerprint density at radius 3 is 2.24 bits per heavy atom. The van der Waals surface area contributed by atoms with E-state index in [9.17, 15) is 4.79 Å². The molecule has 1 N–H and O–H groups in total. The lowest BCUT2D eigenvalue weighted by atomic mass is 9.82. The van der Waals surface area contributed by atoms with Gasteiger partial charge in [-0.2, -0.15) is 0 Å². The van der Waals surface area contributed by atoms with Gasteiger partial charge < -0.3 is 5.32 Å². The maximum Gasteiger partial charge on any atom is 0.231 e. The van der Waals surface area contributed by atoms with E-state index in [-0.39, 0.29) is 11.8 Å². The molecule has 0 radical (unpaired) electrons. The molecule has 2 nitrogen and oxygen atoms in total. The van der Waals surface area contributed by atoms with Crippen LogP contribution in [0.1, 0.15) is 80.5 Å². The lowest BCUT2D eigenvalue weighted by Gasteiger charge is -2.27. The minimum atomic E-state index is -0.0369. The molecule has 0 saturated carbocycles. The fourth-order valence-corrected chi connectivity index (χ4v) is 3.93. The second-order valence-corrected chi connectivity index (χ2v) is 7.75. The number of carbonyl (C=O) groups is 1. The Bertz CT molecular complexity index is 734. The molecule has 2 heteroatoms. The van der Waals surface area contributed by atoms with Gasteiger partial charge in [0.15, 0.2) is 0 Å². The van der Waals surface area contributed by atoms with Gasteiger partial charge in [0.2, 0.25) is 5.91 Å². The van der Waals surface area contributed by atoms with Crippen molar-refractivity contribution in [3.05, 3.63) is 64.7 Å². The van der Waals surface area contributed by atoms with E-state index in [2.05, 4.69) is 69.4 Å². The average Bonchev–Trinajstić information content (AvgIpc) is 2.60. The quantitative estimate of drug-likeness (QED) is 0.730. The maximum absolute atomic E-state index is 13.2.